The SMILES string of the molecule is [N-]=[N+]=Nc1ccc(C(=O)N(CCN)C(=O)c2ccc(N=[N+]=[N-])cc2)cc1. The molecule has 0 saturated heterocycles. The monoisotopic (exact) mass is 350 g/mol. The first-order valence-electron chi connectivity index (χ1n) is 7.47. The second-order valence-electron chi connectivity index (χ2n) is 5.02. The van der Waals surface area contributed by atoms with Crippen LogP contribution >= 0.6 is 0 Å². The highest BCUT2D eigenvalue weighted by molar-refractivity contribution is 6.10. The largest absolute Gasteiger partial charge is 0.329 e. The second kappa shape index (κ2) is 8.86. The third kappa shape index (κ3) is 4.37. The summed E-state index contributed by atoms with van der Waals surface area (Å²) in [6.45, 7) is 0.138. The molecule has 0 aliphatic heterocycles. The molecule has 0 aromatic heterocycles. The molecule has 26 heavy (non-hydrogen) atoms. The smallest absolute Gasteiger partial charge is 0.260 e. The van der Waals surface area contributed by atoms with Gasteiger partial charge in [-0.2, -0.15) is 0 Å². The van der Waals surface area contributed by atoms with Crippen LogP contribution in [0.5, 0.6) is 0 Å². The molecule has 0 unspecified atom stereocenters. The van der Waals surface area contributed by atoms with E-state index in [1.165, 1.54) is 48.5 Å². The number of imide groups is 1. The third-order valence-electron chi connectivity index (χ3n) is 3.39. The van der Waals surface area contributed by atoms with Crippen LogP contribution in [0.3, 0.4) is 0 Å². The molecule has 0 saturated carbocycles. The van der Waals surface area contributed by atoms with Crippen LogP contribution in [0.2, 0.25) is 0 Å². The van der Waals surface area contributed by atoms with Gasteiger partial charge in [0.25, 0.3) is 11.8 Å². The third-order valence-corrected chi connectivity index (χ3v) is 3.39. The van der Waals surface area contributed by atoms with Gasteiger partial charge >= 0.3 is 0 Å². The van der Waals surface area contributed by atoms with Crippen molar-refractivity contribution in [1.82, 2.24) is 4.90 Å². The Balaban J connectivity index is 2.28. The van der Waals surface area contributed by atoms with Crippen LogP contribution in [-0.2, 0) is 0 Å². The van der Waals surface area contributed by atoms with Gasteiger partial charge < -0.3 is 5.73 Å². The highest BCUT2D eigenvalue weighted by Gasteiger charge is 2.23. The van der Waals surface area contributed by atoms with Crippen molar-refractivity contribution in [3.8, 4) is 0 Å². The minimum absolute atomic E-state index is 0.0356. The Bertz CT molecular complexity index is 821. The van der Waals surface area contributed by atoms with Crippen LogP contribution in [-0.4, -0.2) is 29.8 Å². The van der Waals surface area contributed by atoms with Gasteiger partial charge in [-0.25, -0.2) is 0 Å². The predicted octanol–water partition coefficient (Wildman–Crippen LogP) is 3.81. The maximum Gasteiger partial charge on any atom is 0.260 e. The lowest BCUT2D eigenvalue weighted by atomic mass is 10.1. The maximum absolute atomic E-state index is 12.7. The minimum Gasteiger partial charge on any atom is -0.329 e. The van der Waals surface area contributed by atoms with Crippen LogP contribution < -0.4 is 5.73 Å². The van der Waals surface area contributed by atoms with Crippen molar-refractivity contribution in [2.75, 3.05) is 13.1 Å². The number of nitrogens with two attached hydrogens (primary N) is 1. The molecule has 0 atom stereocenters. The topological polar surface area (TPSA) is 161 Å². The first-order valence-corrected chi connectivity index (χ1v) is 7.47. The van der Waals surface area contributed by atoms with Gasteiger partial charge in [-0.05, 0) is 35.3 Å². The molecule has 0 radical (unpaired) electrons. The summed E-state index contributed by atoms with van der Waals surface area (Å²) >= 11 is 0. The Hall–Kier alpha value is -3.84. The molecule has 0 fully saturated rings. The van der Waals surface area contributed by atoms with Gasteiger partial charge in [0.05, 0.1) is 0 Å². The Morgan fingerprint density at radius 2 is 1.23 bits per heavy atom. The van der Waals surface area contributed by atoms with Crippen molar-refractivity contribution in [2.24, 2.45) is 16.0 Å². The number of hydrogen-bond donors (Lipinski definition) is 1. The fourth-order valence-corrected chi connectivity index (χ4v) is 2.18. The lowest BCUT2D eigenvalue weighted by molar-refractivity contribution is 0.0621. The summed E-state index contributed by atoms with van der Waals surface area (Å²) in [6, 6.07) is 11.8. The minimum atomic E-state index is -0.521. The van der Waals surface area contributed by atoms with E-state index in [-0.39, 0.29) is 24.2 Å². The van der Waals surface area contributed by atoms with Gasteiger partial charge in [-0.1, -0.05) is 34.5 Å². The number of carbonyl (C=O) groups is 2. The average molecular weight is 350 g/mol. The van der Waals surface area contributed by atoms with Crippen molar-refractivity contribution in [2.45, 2.75) is 0 Å². The van der Waals surface area contributed by atoms with Crippen LogP contribution in [0.15, 0.2) is 58.8 Å². The highest BCUT2D eigenvalue weighted by atomic mass is 16.2. The van der Waals surface area contributed by atoms with Crippen LogP contribution in [0.4, 0.5) is 11.4 Å². The van der Waals surface area contributed by atoms with Gasteiger partial charge in [-0.3, -0.25) is 14.5 Å². The summed E-state index contributed by atoms with van der Waals surface area (Å²) in [4.78, 5) is 31.7. The van der Waals surface area contributed by atoms with Gasteiger partial charge in [0.15, 0.2) is 0 Å². The Kier molecular flexibility index (Phi) is 6.30. The number of nitrogens with zero attached hydrogens (tertiary/aromatic N) is 7. The van der Waals surface area contributed by atoms with Gasteiger partial charge in [-0.15, -0.1) is 0 Å². The van der Waals surface area contributed by atoms with Crippen LogP contribution in [0, 0.1) is 0 Å². The first-order chi connectivity index (χ1) is 12.6. The van der Waals surface area contributed by atoms with E-state index in [1.807, 2.05) is 0 Å². The molecule has 2 rings (SSSR count). The van der Waals surface area contributed by atoms with Crippen LogP contribution in [0.25, 0.3) is 20.9 Å². The molecule has 2 aromatic carbocycles. The molecule has 10 heteroatoms. The van der Waals surface area contributed by atoms with E-state index in [9.17, 15) is 9.59 Å². The van der Waals surface area contributed by atoms with Crippen molar-refractivity contribution in [1.29, 1.82) is 0 Å². The van der Waals surface area contributed by atoms with Crippen molar-refractivity contribution in [3.05, 3.63) is 80.5 Å². The molecule has 2 N–H and O–H groups in total. The number of azide groups is 2. The Morgan fingerprint density at radius 1 is 0.846 bits per heavy atom. The van der Waals surface area contributed by atoms with E-state index in [1.54, 1.807) is 0 Å². The van der Waals surface area contributed by atoms with E-state index in [2.05, 4.69) is 20.1 Å². The number of hydrogen-bond acceptors (Lipinski definition) is 5. The quantitative estimate of drug-likeness (QED) is 0.363. The molecule has 0 aliphatic carbocycles. The summed E-state index contributed by atoms with van der Waals surface area (Å²) in [5, 5.41) is 6.86. The predicted molar refractivity (Wildman–Crippen MR) is 94.9 cm³/mol. The molecule has 0 spiro atoms. The maximum atomic E-state index is 12.7. The summed E-state index contributed by atoms with van der Waals surface area (Å²) in [7, 11) is 0. The summed E-state index contributed by atoms with van der Waals surface area (Å²) in [5.74, 6) is -1.04. The van der Waals surface area contributed by atoms with E-state index >= 15 is 0 Å². The zero-order valence-electron chi connectivity index (χ0n) is 13.6. The molecular formula is C16H14N8O2. The molecule has 2 amide bonds. The number of amides is 2. The Morgan fingerprint density at radius 3 is 1.54 bits per heavy atom. The van der Waals surface area contributed by atoms with Crippen LogP contribution in [0.1, 0.15) is 20.7 Å². The van der Waals surface area contributed by atoms with E-state index < -0.39 is 11.8 Å². The van der Waals surface area contributed by atoms with E-state index in [0.29, 0.717) is 11.4 Å². The van der Waals surface area contributed by atoms with Crippen molar-refractivity contribution in [3.63, 3.8) is 0 Å². The lowest BCUT2D eigenvalue weighted by Gasteiger charge is -2.20. The number of benzene rings is 2. The van der Waals surface area contributed by atoms with Gasteiger partial charge in [0.2, 0.25) is 0 Å². The second-order valence-corrected chi connectivity index (χ2v) is 5.02. The van der Waals surface area contributed by atoms with E-state index in [4.69, 9.17) is 16.8 Å². The number of carbonyl (C=O) groups excluding carboxylic acids is 2. The molecule has 2 aromatic rings. The molecule has 0 aliphatic rings. The molecule has 0 heterocycles. The molecule has 0 bridgehead atoms. The zero-order chi connectivity index (χ0) is 18.9. The first kappa shape index (κ1) is 18.5. The standard InChI is InChI=1S/C16H14N8O2/c17-9-10-24(15(25)11-1-5-13(6-2-11)20-22-18)16(26)12-3-7-14(8-4-12)21-23-19/h1-8H,9-10,17H2. The summed E-state index contributed by atoms with van der Waals surface area (Å²) in [5.41, 5.74) is 23.6. The summed E-state index contributed by atoms with van der Waals surface area (Å²) in [6.07, 6.45) is 0. The van der Waals surface area contributed by atoms with Crippen molar-refractivity contribution >= 4 is 23.2 Å². The average Bonchev–Trinajstić information content (AvgIpc) is 2.67. The fraction of sp³-hybridized carbons (Fsp3) is 0.125. The fourth-order valence-electron chi connectivity index (χ4n) is 2.18. The molecular weight excluding hydrogens is 336 g/mol. The zero-order valence-corrected chi connectivity index (χ0v) is 13.6. The normalized spacial score (nSPS) is 9.58. The number of rotatable bonds is 6. The van der Waals surface area contributed by atoms with Crippen molar-refractivity contribution < 1.29 is 9.59 Å². The Labute approximate surface area is 148 Å². The van der Waals surface area contributed by atoms with E-state index in [0.717, 1.165) is 4.90 Å². The lowest BCUT2D eigenvalue weighted by Crippen LogP contribution is -2.40. The van der Waals surface area contributed by atoms with Gasteiger partial charge in [0, 0.05) is 45.4 Å². The highest BCUT2D eigenvalue weighted by Crippen LogP contribution is 2.18. The summed E-state index contributed by atoms with van der Waals surface area (Å²) < 4.78 is 0. The molecule has 130 valence electrons. The van der Waals surface area contributed by atoms with Gasteiger partial charge in [0.1, 0.15) is 0 Å². The molecule has 10 nitrogen and oxygen atoms in total.